The Morgan fingerprint density at radius 3 is 2.56 bits per heavy atom. The predicted octanol–water partition coefficient (Wildman–Crippen LogP) is 3.26. The van der Waals surface area contributed by atoms with E-state index in [1.165, 1.54) is 0 Å². The number of allylic oxidation sites excluding steroid dienone is 4. The molecular weight excluding hydrogens is 550 g/mol. The summed E-state index contributed by atoms with van der Waals surface area (Å²) in [5, 5.41) is 26.1. The Balaban J connectivity index is 1.12. The van der Waals surface area contributed by atoms with Gasteiger partial charge in [-0.05, 0) is 80.2 Å². The summed E-state index contributed by atoms with van der Waals surface area (Å²) < 4.78 is 10.4. The number of benzene rings is 1. The van der Waals surface area contributed by atoms with Crippen LogP contribution in [0.4, 0.5) is 0 Å². The lowest BCUT2D eigenvalue weighted by molar-refractivity contribution is -0.181. The third-order valence-electron chi connectivity index (χ3n) is 10.9. The van der Waals surface area contributed by atoms with Gasteiger partial charge in [-0.15, -0.1) is 0 Å². The monoisotopic (exact) mass is 593 g/mol. The van der Waals surface area contributed by atoms with Crippen LogP contribution in [0.2, 0.25) is 0 Å². The molecule has 1 aromatic carbocycles. The van der Waals surface area contributed by atoms with Gasteiger partial charge in [-0.25, -0.2) is 0 Å². The number of Topliss-reactive ketones (excluding diaryl/α,β-unsaturated/α-hetero) is 1. The lowest BCUT2D eigenvalue weighted by atomic mass is 9.46. The molecule has 0 saturated heterocycles. The fourth-order valence-corrected chi connectivity index (χ4v) is 8.57. The van der Waals surface area contributed by atoms with Gasteiger partial charge in [0.2, 0.25) is 11.7 Å². The summed E-state index contributed by atoms with van der Waals surface area (Å²) in [5.41, 5.74) is -0.932. The van der Waals surface area contributed by atoms with Gasteiger partial charge < -0.3 is 25.0 Å². The van der Waals surface area contributed by atoms with Crippen LogP contribution >= 0.6 is 0 Å². The number of ether oxygens (including phenoxy) is 2. The van der Waals surface area contributed by atoms with Crippen molar-refractivity contribution in [3.63, 3.8) is 0 Å². The zero-order valence-corrected chi connectivity index (χ0v) is 25.3. The minimum Gasteiger partial charge on any atom is -0.497 e. The van der Waals surface area contributed by atoms with Crippen LogP contribution in [0.1, 0.15) is 64.4 Å². The average molecular weight is 594 g/mol. The molecule has 7 atom stereocenters. The molecule has 0 heterocycles. The maximum Gasteiger partial charge on any atom is 0.306 e. The van der Waals surface area contributed by atoms with Crippen molar-refractivity contribution in [2.24, 2.45) is 28.6 Å². The number of rotatable bonds is 10. The molecule has 0 spiro atoms. The van der Waals surface area contributed by atoms with Gasteiger partial charge in [0.1, 0.15) is 11.4 Å². The van der Waals surface area contributed by atoms with E-state index < -0.39 is 40.9 Å². The molecule has 9 heteroatoms. The quantitative estimate of drug-likeness (QED) is 0.352. The number of carbonyl (C=O) groups is 4. The van der Waals surface area contributed by atoms with Gasteiger partial charge in [-0.2, -0.15) is 0 Å². The summed E-state index contributed by atoms with van der Waals surface area (Å²) in [6.07, 6.45) is 7.50. The molecule has 3 saturated carbocycles. The Morgan fingerprint density at radius 1 is 1.09 bits per heavy atom. The molecule has 1 aromatic rings. The van der Waals surface area contributed by atoms with Crippen LogP contribution in [0.5, 0.6) is 5.75 Å². The van der Waals surface area contributed by atoms with Crippen molar-refractivity contribution in [3.8, 4) is 5.75 Å². The third-order valence-corrected chi connectivity index (χ3v) is 10.9. The number of hydrogen-bond acceptors (Lipinski definition) is 8. The molecule has 9 nitrogen and oxygen atoms in total. The van der Waals surface area contributed by atoms with Gasteiger partial charge in [-0.1, -0.05) is 37.6 Å². The summed E-state index contributed by atoms with van der Waals surface area (Å²) in [4.78, 5) is 50.1. The van der Waals surface area contributed by atoms with E-state index in [0.717, 1.165) is 29.7 Å². The highest BCUT2D eigenvalue weighted by Gasteiger charge is 2.68. The summed E-state index contributed by atoms with van der Waals surface area (Å²) in [6, 6.07) is 7.55. The number of carbonyl (C=O) groups excluding carboxylic acids is 4. The van der Waals surface area contributed by atoms with E-state index in [2.05, 4.69) is 12.2 Å². The molecule has 5 rings (SSSR count). The van der Waals surface area contributed by atoms with Gasteiger partial charge in [0.25, 0.3) is 0 Å². The fraction of sp³-hybridized carbons (Fsp3) is 0.588. The number of methoxy groups -OCH3 is 1. The number of ketones is 2. The van der Waals surface area contributed by atoms with Gasteiger partial charge in [0, 0.05) is 29.7 Å². The molecular formula is C34H43NO8. The van der Waals surface area contributed by atoms with Gasteiger partial charge in [0.15, 0.2) is 12.4 Å². The second-order valence-electron chi connectivity index (χ2n) is 13.1. The Labute approximate surface area is 252 Å². The normalized spacial score (nSPS) is 34.3. The minimum absolute atomic E-state index is 0.0107. The van der Waals surface area contributed by atoms with Crippen molar-refractivity contribution in [1.82, 2.24) is 5.32 Å². The standard InChI is InChI=1S/C34H43NO8/c1-32-15-12-23(36)18-22(32)6-9-25-26-13-16-34(41,33(26,2)19-27(37)31(25)32)28(38)20-43-30(40)11-10-29(39)35-17-14-21-4-7-24(42-3)8-5-21/h4-5,7-8,12,15,18,25-27,31,37,41H,6,9-11,13-14,16-17,19-20H2,1-3H3,(H,35,39)/t25?,26?,27?,31?,32-,33-,34-/m0/s1. The molecule has 232 valence electrons. The molecule has 0 aromatic heterocycles. The number of fused-ring (bicyclic) bond motifs is 5. The first-order valence-electron chi connectivity index (χ1n) is 15.3. The summed E-state index contributed by atoms with van der Waals surface area (Å²) in [6.45, 7) is 3.81. The summed E-state index contributed by atoms with van der Waals surface area (Å²) in [5.74, 6) is -0.805. The number of hydrogen-bond donors (Lipinski definition) is 3. The number of nitrogens with one attached hydrogen (secondary N) is 1. The van der Waals surface area contributed by atoms with E-state index in [4.69, 9.17) is 9.47 Å². The van der Waals surface area contributed by atoms with Crippen molar-refractivity contribution < 1.29 is 38.9 Å². The van der Waals surface area contributed by atoms with Crippen LogP contribution < -0.4 is 10.1 Å². The third kappa shape index (κ3) is 5.69. The highest BCUT2D eigenvalue weighted by atomic mass is 16.5. The van der Waals surface area contributed by atoms with Crippen molar-refractivity contribution in [3.05, 3.63) is 53.6 Å². The van der Waals surface area contributed by atoms with Crippen molar-refractivity contribution in [1.29, 1.82) is 0 Å². The highest BCUT2D eigenvalue weighted by molar-refractivity contribution is 6.01. The van der Waals surface area contributed by atoms with Crippen molar-refractivity contribution in [2.75, 3.05) is 20.3 Å². The fourth-order valence-electron chi connectivity index (χ4n) is 8.57. The van der Waals surface area contributed by atoms with Crippen molar-refractivity contribution in [2.45, 2.75) is 76.9 Å². The van der Waals surface area contributed by atoms with E-state index >= 15 is 0 Å². The molecule has 43 heavy (non-hydrogen) atoms. The van der Waals surface area contributed by atoms with Crippen LogP contribution in [0.3, 0.4) is 0 Å². The zero-order valence-electron chi connectivity index (χ0n) is 25.3. The smallest absolute Gasteiger partial charge is 0.306 e. The lowest BCUT2D eigenvalue weighted by Gasteiger charge is -2.59. The summed E-state index contributed by atoms with van der Waals surface area (Å²) in [7, 11) is 1.60. The van der Waals surface area contributed by atoms with Crippen LogP contribution in [0.25, 0.3) is 0 Å². The highest BCUT2D eigenvalue weighted by Crippen LogP contribution is 2.67. The van der Waals surface area contributed by atoms with Gasteiger partial charge in [-0.3, -0.25) is 19.2 Å². The van der Waals surface area contributed by atoms with Gasteiger partial charge in [0.05, 0.1) is 19.6 Å². The molecule has 4 unspecified atom stereocenters. The second kappa shape index (κ2) is 12.0. The lowest BCUT2D eigenvalue weighted by Crippen LogP contribution is -2.61. The molecule has 0 radical (unpaired) electrons. The zero-order chi connectivity index (χ0) is 31.0. The topological polar surface area (TPSA) is 139 Å². The van der Waals surface area contributed by atoms with Crippen LogP contribution in [-0.2, 0) is 30.3 Å². The van der Waals surface area contributed by atoms with Gasteiger partial charge >= 0.3 is 5.97 Å². The number of aliphatic hydroxyl groups is 2. The molecule has 3 fully saturated rings. The van der Waals surface area contributed by atoms with Crippen LogP contribution in [-0.4, -0.2) is 65.6 Å². The first kappa shape index (κ1) is 31.1. The second-order valence-corrected chi connectivity index (χ2v) is 13.1. The van der Waals surface area contributed by atoms with E-state index in [1.54, 1.807) is 19.3 Å². The summed E-state index contributed by atoms with van der Waals surface area (Å²) >= 11 is 0. The Hall–Kier alpha value is -3.30. The van der Waals surface area contributed by atoms with E-state index in [9.17, 15) is 29.4 Å². The van der Waals surface area contributed by atoms with E-state index in [-0.39, 0.29) is 55.1 Å². The van der Waals surface area contributed by atoms with Crippen LogP contribution in [0, 0.1) is 28.6 Å². The molecule has 0 aliphatic heterocycles. The van der Waals surface area contributed by atoms with Crippen LogP contribution in [0.15, 0.2) is 48.1 Å². The first-order valence-corrected chi connectivity index (χ1v) is 15.3. The Bertz CT molecular complexity index is 1330. The Kier molecular flexibility index (Phi) is 8.69. The Morgan fingerprint density at radius 2 is 1.84 bits per heavy atom. The molecule has 1 amide bonds. The molecule has 3 N–H and O–H groups in total. The SMILES string of the molecule is COc1ccc(CCNC(=O)CCC(=O)OCC(=O)[C@@]2(O)CCC3C4CCC5=CC(=O)C=C[C@]5(C)C4C(O)C[C@@]32C)cc1. The average Bonchev–Trinajstić information content (AvgIpc) is 3.25. The number of aliphatic hydroxyl groups excluding tert-OH is 1. The van der Waals surface area contributed by atoms with E-state index in [1.807, 2.05) is 37.3 Å². The minimum atomic E-state index is -1.72. The van der Waals surface area contributed by atoms with E-state index in [0.29, 0.717) is 19.4 Å². The van der Waals surface area contributed by atoms with Crippen molar-refractivity contribution >= 4 is 23.4 Å². The first-order chi connectivity index (χ1) is 20.4. The number of amides is 1. The molecule has 4 aliphatic rings. The number of esters is 1. The molecule has 4 aliphatic carbocycles. The largest absolute Gasteiger partial charge is 0.497 e. The molecule has 0 bridgehead atoms. The maximum absolute atomic E-state index is 13.4. The maximum atomic E-state index is 13.4. The predicted molar refractivity (Wildman–Crippen MR) is 158 cm³/mol.